The number of ether oxygens (including phenoxy) is 3. The van der Waals surface area contributed by atoms with Crippen LogP contribution in [0.25, 0.3) is 22.4 Å². The first kappa shape index (κ1) is 15.6. The second kappa shape index (κ2) is 6.07. The van der Waals surface area contributed by atoms with E-state index in [1.807, 2.05) is 0 Å². The van der Waals surface area contributed by atoms with Gasteiger partial charge in [-0.3, -0.25) is 10.1 Å². The number of aromatic amines is 1. The number of hydrogen-bond acceptors (Lipinski definition) is 6. The maximum absolute atomic E-state index is 11.3. The average molecular weight is 329 g/mol. The van der Waals surface area contributed by atoms with Crippen molar-refractivity contribution in [3.05, 3.63) is 40.4 Å². The molecule has 3 rings (SSSR count). The number of methoxy groups -OCH3 is 3. The van der Waals surface area contributed by atoms with Gasteiger partial charge in [-0.25, -0.2) is 4.98 Å². The number of imidazole rings is 1. The van der Waals surface area contributed by atoms with Gasteiger partial charge in [-0.15, -0.1) is 0 Å². The molecule has 8 heteroatoms. The molecule has 0 spiro atoms. The second-order valence-corrected chi connectivity index (χ2v) is 4.95. The van der Waals surface area contributed by atoms with E-state index in [0.717, 1.165) is 5.52 Å². The molecular weight excluding hydrogens is 314 g/mol. The van der Waals surface area contributed by atoms with Crippen LogP contribution >= 0.6 is 0 Å². The third-order valence-electron chi connectivity index (χ3n) is 3.64. The van der Waals surface area contributed by atoms with Crippen LogP contribution in [-0.2, 0) is 0 Å². The number of nitrogens with zero attached hydrogens (tertiary/aromatic N) is 2. The second-order valence-electron chi connectivity index (χ2n) is 4.95. The van der Waals surface area contributed by atoms with Crippen molar-refractivity contribution in [3.63, 3.8) is 0 Å². The predicted molar refractivity (Wildman–Crippen MR) is 87.8 cm³/mol. The van der Waals surface area contributed by atoms with E-state index in [0.29, 0.717) is 28.4 Å². The maximum Gasteiger partial charge on any atom is 0.311 e. The molecule has 1 heterocycles. The molecule has 0 fully saturated rings. The van der Waals surface area contributed by atoms with Gasteiger partial charge in [-0.2, -0.15) is 0 Å². The summed E-state index contributed by atoms with van der Waals surface area (Å²) in [6, 6.07) is 8.25. The van der Waals surface area contributed by atoms with Crippen molar-refractivity contribution in [2.24, 2.45) is 0 Å². The van der Waals surface area contributed by atoms with Crippen LogP contribution in [-0.4, -0.2) is 36.2 Å². The van der Waals surface area contributed by atoms with E-state index in [-0.39, 0.29) is 11.4 Å². The average Bonchev–Trinajstić information content (AvgIpc) is 3.02. The van der Waals surface area contributed by atoms with E-state index in [2.05, 4.69) is 9.97 Å². The minimum atomic E-state index is -0.506. The zero-order valence-electron chi connectivity index (χ0n) is 13.3. The molecule has 0 saturated carbocycles. The van der Waals surface area contributed by atoms with Crippen molar-refractivity contribution in [1.29, 1.82) is 0 Å². The molecule has 0 aliphatic carbocycles. The van der Waals surface area contributed by atoms with Crippen LogP contribution in [0.3, 0.4) is 0 Å². The summed E-state index contributed by atoms with van der Waals surface area (Å²) in [6.07, 6.45) is 0. The fourth-order valence-corrected chi connectivity index (χ4v) is 2.45. The predicted octanol–water partition coefficient (Wildman–Crippen LogP) is 3.16. The molecule has 24 heavy (non-hydrogen) atoms. The monoisotopic (exact) mass is 329 g/mol. The Morgan fingerprint density at radius 3 is 2.42 bits per heavy atom. The van der Waals surface area contributed by atoms with Crippen molar-refractivity contribution in [2.75, 3.05) is 21.3 Å². The SMILES string of the molecule is COc1ccc2nc(-c3cc([N+](=O)[O-])c(OC)cc3OC)[nH]c2c1. The smallest absolute Gasteiger partial charge is 0.311 e. The van der Waals surface area contributed by atoms with Crippen molar-refractivity contribution < 1.29 is 19.1 Å². The summed E-state index contributed by atoms with van der Waals surface area (Å²) in [4.78, 5) is 18.3. The highest BCUT2D eigenvalue weighted by Crippen LogP contribution is 2.39. The third kappa shape index (κ3) is 2.58. The molecular formula is C16H15N3O5. The quantitative estimate of drug-likeness (QED) is 0.570. The van der Waals surface area contributed by atoms with Gasteiger partial charge in [-0.05, 0) is 12.1 Å². The number of rotatable bonds is 5. The molecule has 0 aliphatic rings. The lowest BCUT2D eigenvalue weighted by atomic mass is 10.1. The number of nitro benzene ring substituents is 1. The Hall–Kier alpha value is -3.29. The van der Waals surface area contributed by atoms with Crippen LogP contribution in [0.5, 0.6) is 17.2 Å². The first-order chi connectivity index (χ1) is 11.6. The molecule has 124 valence electrons. The van der Waals surface area contributed by atoms with Gasteiger partial charge in [-0.1, -0.05) is 0 Å². The van der Waals surface area contributed by atoms with Gasteiger partial charge < -0.3 is 19.2 Å². The van der Waals surface area contributed by atoms with E-state index in [4.69, 9.17) is 14.2 Å². The van der Waals surface area contributed by atoms with Crippen LogP contribution in [0, 0.1) is 10.1 Å². The molecule has 0 radical (unpaired) electrons. The topological polar surface area (TPSA) is 99.5 Å². The van der Waals surface area contributed by atoms with E-state index in [1.54, 1.807) is 25.3 Å². The van der Waals surface area contributed by atoms with Gasteiger partial charge in [0.15, 0.2) is 0 Å². The van der Waals surface area contributed by atoms with Crippen molar-refractivity contribution in [1.82, 2.24) is 9.97 Å². The van der Waals surface area contributed by atoms with E-state index in [1.165, 1.54) is 26.4 Å². The Kier molecular flexibility index (Phi) is 3.95. The Morgan fingerprint density at radius 1 is 1.04 bits per heavy atom. The molecule has 2 aromatic carbocycles. The third-order valence-corrected chi connectivity index (χ3v) is 3.64. The molecule has 0 saturated heterocycles. The Morgan fingerprint density at radius 2 is 1.79 bits per heavy atom. The summed E-state index contributed by atoms with van der Waals surface area (Å²) in [5.74, 6) is 1.69. The number of hydrogen-bond donors (Lipinski definition) is 1. The van der Waals surface area contributed by atoms with Gasteiger partial charge in [0.2, 0.25) is 5.75 Å². The van der Waals surface area contributed by atoms with E-state index in [9.17, 15) is 10.1 Å². The van der Waals surface area contributed by atoms with Crippen LogP contribution in [0.4, 0.5) is 5.69 Å². The zero-order chi connectivity index (χ0) is 17.3. The summed E-state index contributed by atoms with van der Waals surface area (Å²) in [6.45, 7) is 0. The Bertz CT molecular complexity index is 919. The van der Waals surface area contributed by atoms with E-state index >= 15 is 0 Å². The van der Waals surface area contributed by atoms with Gasteiger partial charge in [0.25, 0.3) is 0 Å². The van der Waals surface area contributed by atoms with Crippen molar-refractivity contribution >= 4 is 16.7 Å². The molecule has 8 nitrogen and oxygen atoms in total. The molecule has 0 unspecified atom stereocenters. The number of H-pyrrole nitrogens is 1. The first-order valence-corrected chi connectivity index (χ1v) is 7.02. The fraction of sp³-hybridized carbons (Fsp3) is 0.188. The largest absolute Gasteiger partial charge is 0.497 e. The lowest BCUT2D eigenvalue weighted by molar-refractivity contribution is -0.385. The molecule has 1 N–H and O–H groups in total. The highest BCUT2D eigenvalue weighted by atomic mass is 16.6. The van der Waals surface area contributed by atoms with E-state index < -0.39 is 4.92 Å². The maximum atomic E-state index is 11.3. The number of nitro groups is 1. The van der Waals surface area contributed by atoms with Gasteiger partial charge in [0.1, 0.15) is 17.3 Å². The Labute approximate surface area is 137 Å². The number of benzene rings is 2. The highest BCUT2D eigenvalue weighted by Gasteiger charge is 2.22. The fourth-order valence-electron chi connectivity index (χ4n) is 2.45. The molecule has 0 aliphatic heterocycles. The zero-order valence-corrected chi connectivity index (χ0v) is 13.3. The number of nitrogens with one attached hydrogen (secondary N) is 1. The number of fused-ring (bicyclic) bond motifs is 1. The normalized spacial score (nSPS) is 10.6. The summed E-state index contributed by atoms with van der Waals surface area (Å²) in [5, 5.41) is 11.3. The standard InChI is InChI=1S/C16H15N3O5/c1-22-9-4-5-11-12(6-9)18-16(17-11)10-7-13(19(20)21)15(24-3)8-14(10)23-2/h4-8H,1-3H3,(H,17,18). The lowest BCUT2D eigenvalue weighted by Gasteiger charge is -2.09. The minimum absolute atomic E-state index is 0.124. The molecule has 0 atom stereocenters. The lowest BCUT2D eigenvalue weighted by Crippen LogP contribution is -1.97. The summed E-state index contributed by atoms with van der Waals surface area (Å²) >= 11 is 0. The van der Waals surface area contributed by atoms with Crippen LogP contribution in [0.2, 0.25) is 0 Å². The minimum Gasteiger partial charge on any atom is -0.497 e. The molecule has 0 amide bonds. The van der Waals surface area contributed by atoms with Crippen LogP contribution in [0.15, 0.2) is 30.3 Å². The highest BCUT2D eigenvalue weighted by molar-refractivity contribution is 5.83. The summed E-state index contributed by atoms with van der Waals surface area (Å²) < 4.78 is 15.6. The summed E-state index contributed by atoms with van der Waals surface area (Å²) in [7, 11) is 4.43. The molecule has 1 aromatic heterocycles. The van der Waals surface area contributed by atoms with Gasteiger partial charge >= 0.3 is 5.69 Å². The summed E-state index contributed by atoms with van der Waals surface area (Å²) in [5.41, 5.74) is 1.78. The van der Waals surface area contributed by atoms with Gasteiger partial charge in [0, 0.05) is 18.2 Å². The molecule has 0 bridgehead atoms. The van der Waals surface area contributed by atoms with Crippen molar-refractivity contribution in [2.45, 2.75) is 0 Å². The Balaban J connectivity index is 2.20. The van der Waals surface area contributed by atoms with Crippen LogP contribution in [0.1, 0.15) is 0 Å². The molecule has 3 aromatic rings. The number of aromatic nitrogens is 2. The van der Waals surface area contributed by atoms with Crippen LogP contribution < -0.4 is 14.2 Å². The van der Waals surface area contributed by atoms with Crippen molar-refractivity contribution in [3.8, 4) is 28.6 Å². The van der Waals surface area contributed by atoms with Gasteiger partial charge in [0.05, 0.1) is 42.8 Å². The first-order valence-electron chi connectivity index (χ1n) is 7.02.